The third kappa shape index (κ3) is 3.96. The van der Waals surface area contributed by atoms with E-state index in [1.54, 1.807) is 0 Å². The summed E-state index contributed by atoms with van der Waals surface area (Å²) >= 11 is 0. The van der Waals surface area contributed by atoms with Crippen LogP contribution in [0.2, 0.25) is 0 Å². The third-order valence-corrected chi connectivity index (χ3v) is 2.74. The average Bonchev–Trinajstić information content (AvgIpc) is 2.26. The van der Waals surface area contributed by atoms with Gasteiger partial charge in [0.25, 0.3) is 0 Å². The van der Waals surface area contributed by atoms with Crippen molar-refractivity contribution in [1.82, 2.24) is 5.32 Å². The van der Waals surface area contributed by atoms with E-state index in [2.05, 4.69) is 5.32 Å². The fourth-order valence-corrected chi connectivity index (χ4v) is 1.17. The summed E-state index contributed by atoms with van der Waals surface area (Å²) in [6, 6.07) is 0. The van der Waals surface area contributed by atoms with Gasteiger partial charge in [0.2, 0.25) is 0 Å². The molecule has 142 valence electrons. The number of nitrogens with one attached hydrogen (secondary N) is 1. The first-order valence-corrected chi connectivity index (χ1v) is 6.24. The Morgan fingerprint density at radius 1 is 0.696 bits per heavy atom. The Hall–Kier alpha value is -0.900. The van der Waals surface area contributed by atoms with Gasteiger partial charge in [0.1, 0.15) is 0 Å². The minimum Gasteiger partial charge on any atom is -0.323 e. The first-order valence-electron chi connectivity index (χ1n) is 4.80. The van der Waals surface area contributed by atoms with Gasteiger partial charge in [0.05, 0.1) is 0 Å². The van der Waals surface area contributed by atoms with Crippen LogP contribution in [0.25, 0.3) is 0 Å². The molecule has 0 rings (SSSR count). The maximum atomic E-state index is 12.5. The Balaban J connectivity index is 0. The summed E-state index contributed by atoms with van der Waals surface area (Å²) in [5, 5.41) is -4.54. The second kappa shape index (κ2) is 6.54. The van der Waals surface area contributed by atoms with Crippen LogP contribution in [0, 0.1) is 0 Å². The fourth-order valence-electron chi connectivity index (χ4n) is 0.720. The van der Waals surface area contributed by atoms with Gasteiger partial charge < -0.3 is 5.32 Å². The SMILES string of the molecule is CNC.O=S(=O)(O)C(F)(F)C(F)(F)C(F)(F)C(F)(F)C(F)(F)F. The van der Waals surface area contributed by atoms with E-state index in [9.17, 15) is 56.7 Å². The molecule has 0 radical (unpaired) electrons. The highest BCUT2D eigenvalue weighted by Crippen LogP contribution is 2.58. The van der Waals surface area contributed by atoms with Crippen LogP contribution < -0.4 is 5.32 Å². The highest BCUT2D eigenvalue weighted by atomic mass is 32.2. The van der Waals surface area contributed by atoms with E-state index >= 15 is 0 Å². The van der Waals surface area contributed by atoms with Gasteiger partial charge in [0.15, 0.2) is 0 Å². The lowest BCUT2D eigenvalue weighted by molar-refractivity contribution is -0.413. The number of rotatable bonds is 4. The quantitative estimate of drug-likeness (QED) is 0.568. The molecule has 0 aromatic heterocycles. The zero-order valence-electron chi connectivity index (χ0n) is 10.8. The lowest BCUT2D eigenvalue weighted by Gasteiger charge is -2.35. The van der Waals surface area contributed by atoms with Crippen LogP contribution in [0.3, 0.4) is 0 Å². The second-order valence-corrected chi connectivity index (χ2v) is 5.18. The van der Waals surface area contributed by atoms with Crippen molar-refractivity contribution in [2.75, 3.05) is 14.1 Å². The van der Waals surface area contributed by atoms with Gasteiger partial charge >= 0.3 is 39.3 Å². The van der Waals surface area contributed by atoms with Crippen molar-refractivity contribution in [2.24, 2.45) is 0 Å². The third-order valence-electron chi connectivity index (χ3n) is 1.83. The van der Waals surface area contributed by atoms with Gasteiger partial charge in [0, 0.05) is 0 Å². The average molecular weight is 395 g/mol. The molecule has 16 heteroatoms. The molecule has 0 aliphatic heterocycles. The Morgan fingerprint density at radius 3 is 1.13 bits per heavy atom. The molecular weight excluding hydrogens is 387 g/mol. The van der Waals surface area contributed by atoms with E-state index in [-0.39, 0.29) is 0 Å². The number of hydrogen-bond donors (Lipinski definition) is 2. The molecule has 0 aliphatic carbocycles. The molecule has 2 N–H and O–H groups in total. The van der Waals surface area contributed by atoms with E-state index < -0.39 is 39.3 Å². The van der Waals surface area contributed by atoms with Gasteiger partial charge in [-0.15, -0.1) is 0 Å². The monoisotopic (exact) mass is 395 g/mol. The van der Waals surface area contributed by atoms with Crippen molar-refractivity contribution >= 4 is 10.1 Å². The molecule has 0 spiro atoms. The number of halogens is 11. The van der Waals surface area contributed by atoms with Crippen LogP contribution in [0.4, 0.5) is 48.3 Å². The molecule has 4 nitrogen and oxygen atoms in total. The van der Waals surface area contributed by atoms with Gasteiger partial charge in [-0.2, -0.15) is 56.7 Å². The molecule has 0 saturated heterocycles. The topological polar surface area (TPSA) is 66.4 Å². The molecule has 0 bridgehead atoms. The molecule has 0 aliphatic rings. The normalized spacial score (nSPS) is 15.0. The van der Waals surface area contributed by atoms with E-state index in [4.69, 9.17) is 4.55 Å². The van der Waals surface area contributed by atoms with Crippen LogP contribution in [-0.2, 0) is 10.1 Å². The second-order valence-electron chi connectivity index (χ2n) is 3.71. The highest BCUT2D eigenvalue weighted by Gasteiger charge is 2.89. The molecule has 0 atom stereocenters. The molecule has 0 amide bonds. The van der Waals surface area contributed by atoms with Crippen molar-refractivity contribution in [3.8, 4) is 0 Å². The molecule has 0 unspecified atom stereocenters. The Morgan fingerprint density at radius 2 is 0.957 bits per heavy atom. The number of alkyl halides is 11. The van der Waals surface area contributed by atoms with Crippen molar-refractivity contribution < 1.29 is 61.3 Å². The first kappa shape index (κ1) is 24.4. The predicted molar refractivity (Wildman–Crippen MR) is 52.4 cm³/mol. The van der Waals surface area contributed by atoms with Gasteiger partial charge in [-0.25, -0.2) is 0 Å². The minimum atomic E-state index is -7.86. The minimum absolute atomic E-state index is 1.88. The summed E-state index contributed by atoms with van der Waals surface area (Å²) in [5.41, 5.74) is 0. The van der Waals surface area contributed by atoms with E-state index in [0.29, 0.717) is 0 Å². The van der Waals surface area contributed by atoms with Crippen LogP contribution in [0.5, 0.6) is 0 Å². The van der Waals surface area contributed by atoms with Crippen molar-refractivity contribution in [2.45, 2.75) is 29.2 Å². The zero-order valence-corrected chi connectivity index (χ0v) is 11.6. The summed E-state index contributed by atoms with van der Waals surface area (Å²) < 4.78 is 161. The van der Waals surface area contributed by atoms with Crippen LogP contribution in [0.1, 0.15) is 0 Å². The predicted octanol–water partition coefficient (Wildman–Crippen LogP) is 2.77. The molecular formula is C7H8F11NO3S. The summed E-state index contributed by atoms with van der Waals surface area (Å²) in [5.74, 6) is -23.3. The van der Waals surface area contributed by atoms with Crippen LogP contribution >= 0.6 is 0 Å². The van der Waals surface area contributed by atoms with Gasteiger partial charge in [-0.1, -0.05) is 0 Å². The summed E-state index contributed by atoms with van der Waals surface area (Å²) in [6.45, 7) is 0. The molecule has 23 heavy (non-hydrogen) atoms. The molecule has 0 aromatic rings. The van der Waals surface area contributed by atoms with Crippen LogP contribution in [0.15, 0.2) is 0 Å². The Labute approximate surface area is 121 Å². The largest absolute Gasteiger partial charge is 0.460 e. The van der Waals surface area contributed by atoms with E-state index in [1.807, 2.05) is 14.1 Å². The molecule has 0 saturated carbocycles. The highest BCUT2D eigenvalue weighted by molar-refractivity contribution is 7.87. The first-order chi connectivity index (χ1) is 9.66. The van der Waals surface area contributed by atoms with Gasteiger partial charge in [-0.3, -0.25) is 4.55 Å². The maximum Gasteiger partial charge on any atom is 0.460 e. The summed E-state index contributed by atoms with van der Waals surface area (Å²) in [7, 11) is -3.66. The molecule has 0 fully saturated rings. The zero-order chi connectivity index (χ0) is 19.7. The standard InChI is InChI=1S/C5HF11O3S.C2H7N/c6-1(7,2(8,9)4(12,13)14)3(10,11)5(15,16)20(17,18)19;1-3-2/h(H,17,18,19);3H,1-2H3. The smallest absolute Gasteiger partial charge is 0.323 e. The van der Waals surface area contributed by atoms with Crippen LogP contribution in [-0.4, -0.2) is 56.3 Å². The maximum absolute atomic E-state index is 12.5. The molecule has 0 heterocycles. The lowest BCUT2D eigenvalue weighted by Crippen LogP contribution is -2.67. The Kier molecular flexibility index (Phi) is 6.93. The van der Waals surface area contributed by atoms with Gasteiger partial charge in [-0.05, 0) is 14.1 Å². The Bertz CT molecular complexity index is 498. The molecule has 0 aromatic carbocycles. The summed E-state index contributed by atoms with van der Waals surface area (Å²) in [4.78, 5) is 0. The lowest BCUT2D eigenvalue weighted by atomic mass is 10.0. The van der Waals surface area contributed by atoms with E-state index in [1.165, 1.54) is 0 Å². The van der Waals surface area contributed by atoms with Crippen molar-refractivity contribution in [3.63, 3.8) is 0 Å². The fraction of sp³-hybridized carbons (Fsp3) is 1.00. The van der Waals surface area contributed by atoms with Crippen molar-refractivity contribution in [3.05, 3.63) is 0 Å². The summed E-state index contributed by atoms with van der Waals surface area (Å²) in [6.07, 6.45) is -7.39. The van der Waals surface area contributed by atoms with E-state index in [0.717, 1.165) is 0 Å². The number of hydrogen-bond acceptors (Lipinski definition) is 3. The van der Waals surface area contributed by atoms with Crippen molar-refractivity contribution in [1.29, 1.82) is 0 Å².